The summed E-state index contributed by atoms with van der Waals surface area (Å²) in [6.45, 7) is 1.98. The van der Waals surface area contributed by atoms with Crippen LogP contribution in [0.25, 0.3) is 0 Å². The van der Waals surface area contributed by atoms with Crippen molar-refractivity contribution in [3.8, 4) is 0 Å². The van der Waals surface area contributed by atoms with E-state index in [9.17, 15) is 4.79 Å². The Hall–Kier alpha value is -2.01. The highest BCUT2D eigenvalue weighted by molar-refractivity contribution is 6.35. The van der Waals surface area contributed by atoms with Crippen molar-refractivity contribution in [3.05, 3.63) is 40.5 Å². The average Bonchev–Trinajstić information content (AvgIpc) is 2.76. The van der Waals surface area contributed by atoms with E-state index in [1.165, 1.54) is 0 Å². The number of hydrogen-bond acceptors (Lipinski definition) is 3. The molecule has 0 atom stereocenters. The van der Waals surface area contributed by atoms with E-state index in [0.717, 1.165) is 12.0 Å². The number of carbonyl (C=O) groups excluding carboxylic acids is 1. The number of hydrogen-bond donors (Lipinski definition) is 3. The third-order valence-corrected chi connectivity index (χ3v) is 2.93. The van der Waals surface area contributed by atoms with Gasteiger partial charge in [0.05, 0.1) is 16.8 Å². The van der Waals surface area contributed by atoms with Crippen molar-refractivity contribution < 1.29 is 4.79 Å². The van der Waals surface area contributed by atoms with Crippen LogP contribution in [0, 0.1) is 0 Å². The first kappa shape index (κ1) is 12.4. The van der Waals surface area contributed by atoms with Gasteiger partial charge in [-0.3, -0.25) is 9.89 Å². The summed E-state index contributed by atoms with van der Waals surface area (Å²) in [5.41, 5.74) is 7.29. The van der Waals surface area contributed by atoms with Crippen LogP contribution in [0.15, 0.2) is 24.4 Å². The third kappa shape index (κ3) is 2.31. The third-order valence-electron chi connectivity index (χ3n) is 2.61. The number of aryl methyl sites for hydroxylation is 1. The van der Waals surface area contributed by atoms with Crippen molar-refractivity contribution >= 4 is 29.0 Å². The summed E-state index contributed by atoms with van der Waals surface area (Å²) in [7, 11) is 0. The topological polar surface area (TPSA) is 83.8 Å². The van der Waals surface area contributed by atoms with E-state index >= 15 is 0 Å². The molecular formula is C12H13ClN4O. The number of benzene rings is 1. The maximum atomic E-state index is 12.1. The minimum atomic E-state index is -0.350. The van der Waals surface area contributed by atoms with Crippen LogP contribution in [0.3, 0.4) is 0 Å². The Morgan fingerprint density at radius 1 is 1.56 bits per heavy atom. The number of H-pyrrole nitrogens is 1. The number of nitrogens with one attached hydrogen (secondary N) is 2. The van der Waals surface area contributed by atoms with E-state index in [1.54, 1.807) is 24.4 Å². The van der Waals surface area contributed by atoms with E-state index in [4.69, 9.17) is 17.3 Å². The number of aromatic nitrogens is 2. The molecule has 0 bridgehead atoms. The number of nitrogen functional groups attached to an aromatic ring is 1. The van der Waals surface area contributed by atoms with E-state index in [0.29, 0.717) is 16.5 Å². The lowest BCUT2D eigenvalue weighted by Crippen LogP contribution is -2.15. The zero-order chi connectivity index (χ0) is 13.1. The van der Waals surface area contributed by atoms with Crippen molar-refractivity contribution in [1.29, 1.82) is 0 Å². The summed E-state index contributed by atoms with van der Waals surface area (Å²) in [6.07, 6.45) is 2.44. The molecule has 1 amide bonds. The lowest BCUT2D eigenvalue weighted by atomic mass is 10.1. The van der Waals surface area contributed by atoms with Gasteiger partial charge in [0.15, 0.2) is 0 Å². The molecule has 5 nitrogen and oxygen atoms in total. The Morgan fingerprint density at radius 2 is 2.33 bits per heavy atom. The summed E-state index contributed by atoms with van der Waals surface area (Å²) in [4.78, 5) is 12.1. The van der Waals surface area contributed by atoms with Crippen LogP contribution in [0.1, 0.15) is 22.8 Å². The second-order valence-corrected chi connectivity index (χ2v) is 4.19. The second kappa shape index (κ2) is 5.10. The predicted octanol–water partition coefficient (Wildman–Crippen LogP) is 2.46. The van der Waals surface area contributed by atoms with E-state index in [2.05, 4.69) is 15.5 Å². The van der Waals surface area contributed by atoms with Crippen molar-refractivity contribution in [1.82, 2.24) is 10.2 Å². The van der Waals surface area contributed by atoms with Crippen LogP contribution in [0.2, 0.25) is 5.02 Å². The molecule has 0 spiro atoms. The van der Waals surface area contributed by atoms with Gasteiger partial charge in [-0.05, 0) is 18.6 Å². The van der Waals surface area contributed by atoms with Crippen LogP contribution >= 0.6 is 11.6 Å². The molecule has 0 unspecified atom stereocenters. The normalized spacial score (nSPS) is 10.3. The lowest BCUT2D eigenvalue weighted by molar-refractivity contribution is 0.102. The van der Waals surface area contributed by atoms with Crippen LogP contribution in [-0.2, 0) is 6.42 Å². The number of rotatable bonds is 3. The van der Waals surface area contributed by atoms with Gasteiger partial charge in [-0.25, -0.2) is 0 Å². The van der Waals surface area contributed by atoms with Crippen LogP contribution < -0.4 is 11.1 Å². The average molecular weight is 265 g/mol. The monoisotopic (exact) mass is 264 g/mol. The Bertz CT molecular complexity index is 559. The van der Waals surface area contributed by atoms with Gasteiger partial charge in [0.1, 0.15) is 5.82 Å². The van der Waals surface area contributed by atoms with Gasteiger partial charge in [-0.15, -0.1) is 0 Å². The van der Waals surface area contributed by atoms with Gasteiger partial charge >= 0.3 is 0 Å². The van der Waals surface area contributed by atoms with E-state index in [-0.39, 0.29) is 11.5 Å². The van der Waals surface area contributed by atoms with Crippen molar-refractivity contribution in [2.24, 2.45) is 0 Å². The molecule has 2 aromatic rings. The van der Waals surface area contributed by atoms with Crippen LogP contribution in [0.5, 0.6) is 0 Å². The zero-order valence-electron chi connectivity index (χ0n) is 9.83. The molecule has 0 radical (unpaired) electrons. The number of amides is 1. The Kier molecular flexibility index (Phi) is 3.53. The molecular weight excluding hydrogens is 252 g/mol. The molecule has 0 aliphatic rings. The van der Waals surface area contributed by atoms with E-state index in [1.807, 2.05) is 6.92 Å². The molecule has 1 heterocycles. The largest absolute Gasteiger partial charge is 0.398 e. The number of aromatic amines is 1. The highest BCUT2D eigenvalue weighted by Gasteiger charge is 2.15. The molecule has 6 heteroatoms. The standard InChI is InChI=1S/C12H13ClN4O/c1-2-7-6-15-17-11(7)16-12(18)10-8(13)4-3-5-9(10)14/h3-6H,2,14H2,1H3,(H2,15,16,17,18). The van der Waals surface area contributed by atoms with Gasteiger partial charge in [0.25, 0.3) is 5.91 Å². The minimum absolute atomic E-state index is 0.274. The maximum Gasteiger partial charge on any atom is 0.260 e. The molecule has 2 rings (SSSR count). The molecule has 94 valence electrons. The number of anilines is 2. The van der Waals surface area contributed by atoms with Gasteiger partial charge in [0.2, 0.25) is 0 Å². The van der Waals surface area contributed by atoms with Crippen molar-refractivity contribution in [2.45, 2.75) is 13.3 Å². The molecule has 0 saturated heterocycles. The molecule has 1 aromatic carbocycles. The molecule has 4 N–H and O–H groups in total. The molecule has 0 aliphatic heterocycles. The summed E-state index contributed by atoms with van der Waals surface area (Å²) >= 11 is 5.97. The highest BCUT2D eigenvalue weighted by atomic mass is 35.5. The maximum absolute atomic E-state index is 12.1. The second-order valence-electron chi connectivity index (χ2n) is 3.78. The van der Waals surface area contributed by atoms with Gasteiger partial charge < -0.3 is 11.1 Å². The first-order chi connectivity index (χ1) is 8.63. The Labute approximate surface area is 109 Å². The summed E-state index contributed by atoms with van der Waals surface area (Å²) in [5, 5.41) is 9.65. The highest BCUT2D eigenvalue weighted by Crippen LogP contribution is 2.23. The quantitative estimate of drug-likeness (QED) is 0.745. The number of nitrogens with zero attached hydrogens (tertiary/aromatic N) is 1. The first-order valence-electron chi connectivity index (χ1n) is 5.51. The number of nitrogens with two attached hydrogens (primary N) is 1. The molecule has 0 aliphatic carbocycles. The molecule has 0 saturated carbocycles. The Morgan fingerprint density at radius 3 is 3.00 bits per heavy atom. The van der Waals surface area contributed by atoms with Gasteiger partial charge in [-0.2, -0.15) is 5.10 Å². The first-order valence-corrected chi connectivity index (χ1v) is 5.88. The van der Waals surface area contributed by atoms with Crippen LogP contribution in [-0.4, -0.2) is 16.1 Å². The van der Waals surface area contributed by atoms with Gasteiger partial charge in [0, 0.05) is 11.3 Å². The lowest BCUT2D eigenvalue weighted by Gasteiger charge is -2.08. The number of halogens is 1. The summed E-state index contributed by atoms with van der Waals surface area (Å²) < 4.78 is 0. The Balaban J connectivity index is 2.28. The summed E-state index contributed by atoms with van der Waals surface area (Å²) in [5.74, 6) is 0.221. The number of carbonyl (C=O) groups is 1. The molecule has 18 heavy (non-hydrogen) atoms. The predicted molar refractivity (Wildman–Crippen MR) is 71.8 cm³/mol. The fraction of sp³-hybridized carbons (Fsp3) is 0.167. The van der Waals surface area contributed by atoms with Crippen LogP contribution in [0.4, 0.5) is 11.5 Å². The van der Waals surface area contributed by atoms with Gasteiger partial charge in [-0.1, -0.05) is 24.6 Å². The summed E-state index contributed by atoms with van der Waals surface area (Å²) in [6, 6.07) is 4.96. The fourth-order valence-corrected chi connectivity index (χ4v) is 1.91. The zero-order valence-corrected chi connectivity index (χ0v) is 10.6. The van der Waals surface area contributed by atoms with Crippen molar-refractivity contribution in [3.63, 3.8) is 0 Å². The van der Waals surface area contributed by atoms with E-state index < -0.39 is 0 Å². The minimum Gasteiger partial charge on any atom is -0.398 e. The fourth-order valence-electron chi connectivity index (χ4n) is 1.64. The molecule has 0 fully saturated rings. The van der Waals surface area contributed by atoms with Crippen molar-refractivity contribution in [2.75, 3.05) is 11.1 Å². The SMILES string of the molecule is CCc1cn[nH]c1NC(=O)c1c(N)cccc1Cl. The smallest absolute Gasteiger partial charge is 0.260 e. The molecule has 1 aromatic heterocycles.